The number of amides is 1. The fourth-order valence-corrected chi connectivity index (χ4v) is 2.18. The number of furan rings is 1. The van der Waals surface area contributed by atoms with Crippen molar-refractivity contribution in [2.24, 2.45) is 0 Å². The Morgan fingerprint density at radius 1 is 1.20 bits per heavy atom. The highest BCUT2D eigenvalue weighted by atomic mass is 16.5. The van der Waals surface area contributed by atoms with E-state index in [9.17, 15) is 4.79 Å². The molecule has 1 aromatic carbocycles. The molecule has 130 valence electrons. The number of benzene rings is 1. The third kappa shape index (κ3) is 4.69. The van der Waals surface area contributed by atoms with Gasteiger partial charge in [-0.3, -0.25) is 4.79 Å². The van der Waals surface area contributed by atoms with E-state index in [4.69, 9.17) is 13.6 Å². The van der Waals surface area contributed by atoms with E-state index in [2.05, 4.69) is 22.4 Å². The molecule has 3 rings (SSSR count). The molecule has 0 aliphatic rings. The summed E-state index contributed by atoms with van der Waals surface area (Å²) in [5, 5.41) is 10.7. The maximum Gasteiger partial charge on any atom is 0.258 e. The second kappa shape index (κ2) is 8.14. The highest BCUT2D eigenvalue weighted by Crippen LogP contribution is 2.21. The van der Waals surface area contributed by atoms with Crippen LogP contribution in [0.25, 0.3) is 11.5 Å². The molecular formula is C18H19N3O4. The fourth-order valence-electron chi connectivity index (χ4n) is 2.18. The molecule has 0 aliphatic carbocycles. The maximum absolute atomic E-state index is 11.8. The van der Waals surface area contributed by atoms with Crippen molar-refractivity contribution in [1.29, 1.82) is 0 Å². The summed E-state index contributed by atoms with van der Waals surface area (Å²) in [7, 11) is 0. The molecule has 0 unspecified atom stereocenters. The zero-order chi connectivity index (χ0) is 17.5. The largest absolute Gasteiger partial charge is 0.484 e. The van der Waals surface area contributed by atoms with Crippen molar-refractivity contribution in [3.8, 4) is 17.2 Å². The first-order chi connectivity index (χ1) is 12.2. The summed E-state index contributed by atoms with van der Waals surface area (Å²) < 4.78 is 16.2. The van der Waals surface area contributed by atoms with Crippen molar-refractivity contribution in [2.45, 2.75) is 26.3 Å². The van der Waals surface area contributed by atoms with Gasteiger partial charge in [0.2, 0.25) is 11.8 Å². The van der Waals surface area contributed by atoms with Crippen LogP contribution in [0.3, 0.4) is 0 Å². The third-order valence-electron chi connectivity index (χ3n) is 3.44. The van der Waals surface area contributed by atoms with Crippen molar-refractivity contribution >= 4 is 5.91 Å². The molecular weight excluding hydrogens is 322 g/mol. The normalized spacial score (nSPS) is 10.6. The molecule has 1 amide bonds. The van der Waals surface area contributed by atoms with Crippen molar-refractivity contribution in [2.75, 3.05) is 6.61 Å². The van der Waals surface area contributed by atoms with Gasteiger partial charge in [-0.2, -0.15) is 0 Å². The van der Waals surface area contributed by atoms with E-state index in [0.717, 1.165) is 18.4 Å². The third-order valence-corrected chi connectivity index (χ3v) is 3.44. The van der Waals surface area contributed by atoms with Crippen LogP contribution < -0.4 is 10.1 Å². The second-order valence-electron chi connectivity index (χ2n) is 5.42. The van der Waals surface area contributed by atoms with Crippen LogP contribution in [0.4, 0.5) is 0 Å². The lowest BCUT2D eigenvalue weighted by Gasteiger charge is -2.07. The lowest BCUT2D eigenvalue weighted by molar-refractivity contribution is -0.123. The monoisotopic (exact) mass is 341 g/mol. The van der Waals surface area contributed by atoms with E-state index in [1.165, 1.54) is 0 Å². The second-order valence-corrected chi connectivity index (χ2v) is 5.42. The Hall–Kier alpha value is -3.09. The van der Waals surface area contributed by atoms with Gasteiger partial charge in [-0.25, -0.2) is 0 Å². The predicted molar refractivity (Wildman–Crippen MR) is 89.8 cm³/mol. The number of ether oxygens (including phenoxy) is 1. The van der Waals surface area contributed by atoms with Gasteiger partial charge in [-0.15, -0.1) is 10.2 Å². The Morgan fingerprint density at radius 3 is 2.76 bits per heavy atom. The summed E-state index contributed by atoms with van der Waals surface area (Å²) in [6.07, 6.45) is 3.28. The molecule has 25 heavy (non-hydrogen) atoms. The van der Waals surface area contributed by atoms with Crippen LogP contribution in [-0.2, 0) is 17.8 Å². The molecule has 0 bridgehead atoms. The van der Waals surface area contributed by atoms with Gasteiger partial charge in [0.25, 0.3) is 5.91 Å². The molecule has 2 aromatic heterocycles. The van der Waals surface area contributed by atoms with Gasteiger partial charge in [-0.05, 0) is 42.8 Å². The van der Waals surface area contributed by atoms with Gasteiger partial charge in [0.15, 0.2) is 6.61 Å². The molecule has 0 spiro atoms. The number of hydrogen-bond acceptors (Lipinski definition) is 6. The SMILES string of the molecule is CCCc1nnc(-c2ccc(OCC(=O)NCc3ccco3)cc2)o1. The van der Waals surface area contributed by atoms with Gasteiger partial charge in [0.05, 0.1) is 12.8 Å². The Balaban J connectivity index is 1.49. The van der Waals surface area contributed by atoms with E-state index >= 15 is 0 Å². The van der Waals surface area contributed by atoms with Gasteiger partial charge < -0.3 is 18.9 Å². The smallest absolute Gasteiger partial charge is 0.258 e. The average molecular weight is 341 g/mol. The first kappa shape index (κ1) is 16.8. The fraction of sp³-hybridized carbons (Fsp3) is 0.278. The van der Waals surface area contributed by atoms with E-state index in [-0.39, 0.29) is 12.5 Å². The maximum atomic E-state index is 11.8. The molecule has 0 aliphatic heterocycles. The first-order valence-corrected chi connectivity index (χ1v) is 8.09. The molecule has 7 heteroatoms. The number of carbonyl (C=O) groups excluding carboxylic acids is 1. The standard InChI is InChI=1S/C18H19N3O4/c1-2-4-17-20-21-18(25-17)13-6-8-14(9-7-13)24-12-16(22)19-11-15-5-3-10-23-15/h3,5-10H,2,4,11-12H2,1H3,(H,19,22). The summed E-state index contributed by atoms with van der Waals surface area (Å²) in [6.45, 7) is 2.33. The number of hydrogen-bond donors (Lipinski definition) is 1. The summed E-state index contributed by atoms with van der Waals surface area (Å²) in [4.78, 5) is 11.8. The van der Waals surface area contributed by atoms with E-state index in [1.54, 1.807) is 30.5 Å². The Kier molecular flexibility index (Phi) is 5.46. The van der Waals surface area contributed by atoms with Gasteiger partial charge in [0.1, 0.15) is 11.5 Å². The van der Waals surface area contributed by atoms with Crippen LogP contribution in [0, 0.1) is 0 Å². The summed E-state index contributed by atoms with van der Waals surface area (Å²) in [6, 6.07) is 10.7. The van der Waals surface area contributed by atoms with E-state index < -0.39 is 0 Å². The molecule has 7 nitrogen and oxygen atoms in total. The summed E-state index contributed by atoms with van der Waals surface area (Å²) in [5.74, 6) is 2.17. The quantitative estimate of drug-likeness (QED) is 0.677. The lowest BCUT2D eigenvalue weighted by Crippen LogP contribution is -2.28. The molecule has 2 heterocycles. The number of aryl methyl sites for hydroxylation is 1. The lowest BCUT2D eigenvalue weighted by atomic mass is 10.2. The molecule has 0 radical (unpaired) electrons. The Bertz CT molecular complexity index is 794. The van der Waals surface area contributed by atoms with Crippen LogP contribution >= 0.6 is 0 Å². The number of nitrogens with zero attached hydrogens (tertiary/aromatic N) is 2. The zero-order valence-electron chi connectivity index (χ0n) is 13.9. The molecule has 0 saturated heterocycles. The van der Waals surface area contributed by atoms with Crippen molar-refractivity contribution in [3.63, 3.8) is 0 Å². The molecule has 3 aromatic rings. The number of carbonyl (C=O) groups is 1. The number of rotatable bonds is 8. The van der Waals surface area contributed by atoms with Crippen LogP contribution in [0.2, 0.25) is 0 Å². The Labute approximate surface area is 145 Å². The minimum absolute atomic E-state index is 0.0682. The van der Waals surface area contributed by atoms with Gasteiger partial charge in [-0.1, -0.05) is 6.92 Å². The van der Waals surface area contributed by atoms with Crippen LogP contribution in [-0.4, -0.2) is 22.7 Å². The molecule has 0 fully saturated rings. The molecule has 0 saturated carbocycles. The topological polar surface area (TPSA) is 90.4 Å². The van der Waals surface area contributed by atoms with E-state index in [0.29, 0.717) is 29.8 Å². The molecule has 1 N–H and O–H groups in total. The van der Waals surface area contributed by atoms with Crippen LogP contribution in [0.15, 0.2) is 51.5 Å². The van der Waals surface area contributed by atoms with Crippen molar-refractivity contribution in [3.05, 3.63) is 54.3 Å². The number of nitrogens with one attached hydrogen (secondary N) is 1. The van der Waals surface area contributed by atoms with Gasteiger partial charge >= 0.3 is 0 Å². The number of aromatic nitrogens is 2. The highest BCUT2D eigenvalue weighted by molar-refractivity contribution is 5.77. The first-order valence-electron chi connectivity index (χ1n) is 8.09. The zero-order valence-corrected chi connectivity index (χ0v) is 13.9. The van der Waals surface area contributed by atoms with Crippen molar-refractivity contribution in [1.82, 2.24) is 15.5 Å². The van der Waals surface area contributed by atoms with Crippen LogP contribution in [0.5, 0.6) is 5.75 Å². The summed E-state index contributed by atoms with van der Waals surface area (Å²) in [5.41, 5.74) is 0.810. The van der Waals surface area contributed by atoms with Gasteiger partial charge in [0, 0.05) is 12.0 Å². The highest BCUT2D eigenvalue weighted by Gasteiger charge is 2.09. The average Bonchev–Trinajstić information content (AvgIpc) is 3.31. The van der Waals surface area contributed by atoms with Crippen molar-refractivity contribution < 1.29 is 18.4 Å². The van der Waals surface area contributed by atoms with Crippen LogP contribution in [0.1, 0.15) is 25.0 Å². The molecule has 0 atom stereocenters. The Morgan fingerprint density at radius 2 is 2.04 bits per heavy atom. The van der Waals surface area contributed by atoms with E-state index in [1.807, 2.05) is 12.1 Å². The summed E-state index contributed by atoms with van der Waals surface area (Å²) >= 11 is 0. The minimum atomic E-state index is -0.221. The predicted octanol–water partition coefficient (Wildman–Crippen LogP) is 2.98. The minimum Gasteiger partial charge on any atom is -0.484 e.